The third kappa shape index (κ3) is 32.1. The molecule has 0 spiro atoms. The average Bonchev–Trinajstić information content (AvgIpc) is 2.03. The molecule has 0 N–H and O–H groups in total. The number of carbonyl (C=O) groups excluding carboxylic acids is 3. The molecule has 0 saturated carbocycles. The minimum Gasteiger partial charge on any atom is -0.652 e. The smallest absolute Gasteiger partial charge is 0.652 e. The predicted molar refractivity (Wildman–Crippen MR) is 43.3 cm³/mol. The fourth-order valence-corrected chi connectivity index (χ4v) is 0.542. The summed E-state index contributed by atoms with van der Waals surface area (Å²) >= 11 is 0. The molecular weight excluding hydrogens is 474 g/mol. The first-order valence-corrected chi connectivity index (χ1v) is 4.13. The number of carbonyl (C=O) groups is 3. The zero-order valence-electron chi connectivity index (χ0n) is 10.5. The van der Waals surface area contributed by atoms with Crippen molar-refractivity contribution in [2.75, 3.05) is 13.2 Å². The van der Waals surface area contributed by atoms with Crippen LogP contribution in [-0.4, -0.2) is 31.3 Å². The van der Waals surface area contributed by atoms with Gasteiger partial charge in [0, 0.05) is 0 Å². The van der Waals surface area contributed by atoms with E-state index in [0.717, 1.165) is 0 Å². The van der Waals surface area contributed by atoms with Crippen molar-refractivity contribution in [3.63, 3.8) is 0 Å². The standard InChI is InChI=1S/C7H12O4.CH2O3.2Cs/c1-3-10-6(8)5-7(9)11-4-2;2-1(3)4;;/h3-5H2,1-2H3;(H2,2,3,4);;/q;;2*+1/p-2. The summed E-state index contributed by atoms with van der Waals surface area (Å²) in [5.74, 6) is -1.07. The quantitative estimate of drug-likeness (QED) is 0.287. The fraction of sp³-hybridized carbons (Fsp3) is 0.625. The second kappa shape index (κ2) is 20.6. The van der Waals surface area contributed by atoms with Gasteiger partial charge in [-0.1, -0.05) is 0 Å². The van der Waals surface area contributed by atoms with Crippen LogP contribution < -0.4 is 148 Å². The van der Waals surface area contributed by atoms with Gasteiger partial charge in [0.25, 0.3) is 0 Å². The maximum absolute atomic E-state index is 10.6. The van der Waals surface area contributed by atoms with E-state index in [1.807, 2.05) is 0 Å². The Morgan fingerprint density at radius 3 is 1.29 bits per heavy atom. The van der Waals surface area contributed by atoms with Crippen LogP contribution in [0, 0.1) is 0 Å². The van der Waals surface area contributed by atoms with Crippen LogP contribution in [-0.2, 0) is 19.1 Å². The molecule has 17 heavy (non-hydrogen) atoms. The fourth-order valence-electron chi connectivity index (χ4n) is 0.542. The van der Waals surface area contributed by atoms with Crippen LogP contribution in [0.4, 0.5) is 4.79 Å². The van der Waals surface area contributed by atoms with Crippen molar-refractivity contribution in [1.82, 2.24) is 0 Å². The first-order chi connectivity index (χ1) is 6.93. The molecule has 88 valence electrons. The van der Waals surface area contributed by atoms with Gasteiger partial charge >= 0.3 is 150 Å². The SMILES string of the molecule is CCOC(=O)CC(=O)OCC.O=C([O-])[O-].[Cs+].[Cs+]. The van der Waals surface area contributed by atoms with E-state index in [1.54, 1.807) is 13.8 Å². The summed E-state index contributed by atoms with van der Waals surface area (Å²) in [6.07, 6.45) is -2.62. The van der Waals surface area contributed by atoms with Crippen LogP contribution in [0.2, 0.25) is 0 Å². The van der Waals surface area contributed by atoms with Gasteiger partial charge in [-0.3, -0.25) is 9.59 Å². The average molecular weight is 486 g/mol. The number of hydrogen-bond acceptors (Lipinski definition) is 7. The maximum Gasteiger partial charge on any atom is 1.00 e. The molecule has 0 fully saturated rings. The summed E-state index contributed by atoms with van der Waals surface area (Å²) in [6.45, 7) is 3.95. The predicted octanol–water partition coefficient (Wildman–Crippen LogP) is -7.94. The number of esters is 2. The largest absolute Gasteiger partial charge is 1.00 e. The van der Waals surface area contributed by atoms with Crippen LogP contribution in [0.15, 0.2) is 0 Å². The van der Waals surface area contributed by atoms with Gasteiger partial charge in [0.15, 0.2) is 0 Å². The summed E-state index contributed by atoms with van der Waals surface area (Å²) in [7, 11) is 0. The molecule has 0 unspecified atom stereocenters. The maximum atomic E-state index is 10.6. The molecule has 0 aliphatic carbocycles. The van der Waals surface area contributed by atoms with Gasteiger partial charge in [0.1, 0.15) is 6.42 Å². The molecule has 0 aromatic carbocycles. The zero-order chi connectivity index (χ0) is 12.3. The third-order valence-corrected chi connectivity index (χ3v) is 0.899. The summed E-state index contributed by atoms with van der Waals surface area (Å²) < 4.78 is 9.04. The zero-order valence-corrected chi connectivity index (χ0v) is 23.0. The number of rotatable bonds is 4. The Kier molecular flexibility index (Phi) is 33.5. The minimum absolute atomic E-state index is 0. The molecule has 0 saturated heterocycles. The van der Waals surface area contributed by atoms with Crippen LogP contribution in [0.5, 0.6) is 0 Å². The van der Waals surface area contributed by atoms with Gasteiger partial charge in [-0.05, 0) is 20.0 Å². The Morgan fingerprint density at radius 1 is 0.882 bits per heavy atom. The van der Waals surface area contributed by atoms with Crippen molar-refractivity contribution in [2.45, 2.75) is 20.3 Å². The van der Waals surface area contributed by atoms with Crippen LogP contribution in [0.25, 0.3) is 0 Å². The van der Waals surface area contributed by atoms with Gasteiger partial charge in [-0.15, -0.1) is 0 Å². The Bertz CT molecular complexity index is 200. The second-order valence-electron chi connectivity index (χ2n) is 2.04. The van der Waals surface area contributed by atoms with E-state index < -0.39 is 18.1 Å². The molecule has 0 aromatic rings. The van der Waals surface area contributed by atoms with E-state index in [-0.39, 0.29) is 157 Å². The molecule has 0 heterocycles. The molecule has 0 atom stereocenters. The Morgan fingerprint density at radius 2 is 1.12 bits per heavy atom. The van der Waals surface area contributed by atoms with Crippen molar-refractivity contribution < 1.29 is 172 Å². The van der Waals surface area contributed by atoms with Gasteiger partial charge in [0.05, 0.1) is 13.2 Å². The number of carboxylic acid groups (broad SMARTS) is 2. The van der Waals surface area contributed by atoms with Crippen LogP contribution in [0.3, 0.4) is 0 Å². The van der Waals surface area contributed by atoms with E-state index in [4.69, 9.17) is 15.0 Å². The van der Waals surface area contributed by atoms with Gasteiger partial charge in [-0.2, -0.15) is 0 Å². The van der Waals surface area contributed by atoms with E-state index in [1.165, 1.54) is 0 Å². The molecule has 9 heteroatoms. The second-order valence-corrected chi connectivity index (χ2v) is 2.04. The monoisotopic (exact) mass is 486 g/mol. The molecule has 0 radical (unpaired) electrons. The Hall–Kier alpha value is 2.31. The van der Waals surface area contributed by atoms with Crippen molar-refractivity contribution in [2.24, 2.45) is 0 Å². The third-order valence-electron chi connectivity index (χ3n) is 0.899. The Balaban J connectivity index is -0.000000123. The molecule has 0 aliphatic rings. The summed E-state index contributed by atoms with van der Waals surface area (Å²) in [5, 5.41) is 16.7. The van der Waals surface area contributed by atoms with Gasteiger partial charge in [0.2, 0.25) is 0 Å². The molecule has 0 bridgehead atoms. The van der Waals surface area contributed by atoms with Crippen LogP contribution in [0.1, 0.15) is 20.3 Å². The molecule has 7 nitrogen and oxygen atoms in total. The molecule has 0 aliphatic heterocycles. The van der Waals surface area contributed by atoms with Crippen molar-refractivity contribution >= 4 is 18.1 Å². The number of hydrogen-bond donors (Lipinski definition) is 0. The van der Waals surface area contributed by atoms with E-state index in [0.29, 0.717) is 0 Å². The molecule has 0 rings (SSSR count). The molecular formula is C8H12Cs2O7. The normalized spacial score (nSPS) is 7.18. The van der Waals surface area contributed by atoms with Crippen molar-refractivity contribution in [3.8, 4) is 0 Å². The summed E-state index contributed by atoms with van der Waals surface area (Å²) in [5.41, 5.74) is 0. The topological polar surface area (TPSA) is 116 Å². The van der Waals surface area contributed by atoms with Crippen molar-refractivity contribution in [3.05, 3.63) is 0 Å². The van der Waals surface area contributed by atoms with E-state index in [9.17, 15) is 9.59 Å². The number of ether oxygens (including phenoxy) is 2. The summed E-state index contributed by atoms with van der Waals surface area (Å²) in [4.78, 5) is 29.5. The Labute approximate surface area is 217 Å². The van der Waals surface area contributed by atoms with Crippen LogP contribution >= 0.6 is 0 Å². The molecule has 0 aromatic heterocycles. The van der Waals surface area contributed by atoms with Gasteiger partial charge in [-0.25, -0.2) is 0 Å². The van der Waals surface area contributed by atoms with Crippen molar-refractivity contribution in [1.29, 1.82) is 0 Å². The minimum atomic E-state index is -2.33. The van der Waals surface area contributed by atoms with E-state index in [2.05, 4.69) is 9.47 Å². The van der Waals surface area contributed by atoms with E-state index >= 15 is 0 Å². The summed E-state index contributed by atoms with van der Waals surface area (Å²) in [6, 6.07) is 0. The first-order valence-electron chi connectivity index (χ1n) is 4.13. The first kappa shape index (κ1) is 27.6. The molecule has 0 amide bonds. The van der Waals surface area contributed by atoms with Gasteiger partial charge < -0.3 is 24.5 Å².